The maximum atomic E-state index is 12.2. The van der Waals surface area contributed by atoms with Crippen molar-refractivity contribution in [2.45, 2.75) is 60.3 Å². The lowest BCUT2D eigenvalue weighted by Crippen LogP contribution is -2.53. The van der Waals surface area contributed by atoms with Gasteiger partial charge in [-0.1, -0.05) is 45.9 Å². The molecule has 0 aromatic rings. The van der Waals surface area contributed by atoms with Gasteiger partial charge in [-0.05, 0) is 60.3 Å². The van der Waals surface area contributed by atoms with Crippen molar-refractivity contribution in [2.24, 2.45) is 34.5 Å². The van der Waals surface area contributed by atoms with E-state index in [4.69, 9.17) is 0 Å². The Morgan fingerprint density at radius 2 is 1.86 bits per heavy atom. The first-order valence-electron chi connectivity index (χ1n) is 8.60. The highest BCUT2D eigenvalue weighted by molar-refractivity contribution is 5.82. The van der Waals surface area contributed by atoms with Gasteiger partial charge in [0.05, 0.1) is 0 Å². The van der Waals surface area contributed by atoms with Gasteiger partial charge in [-0.15, -0.1) is 0 Å². The highest BCUT2D eigenvalue weighted by Crippen LogP contribution is 2.62. The highest BCUT2D eigenvalue weighted by atomic mass is 16.1. The van der Waals surface area contributed by atoms with Crippen LogP contribution in [0.5, 0.6) is 0 Å². The van der Waals surface area contributed by atoms with Crippen LogP contribution in [0.25, 0.3) is 0 Å². The van der Waals surface area contributed by atoms with Crippen LogP contribution in [0, 0.1) is 34.5 Å². The van der Waals surface area contributed by atoms with Crippen molar-refractivity contribution in [3.05, 3.63) is 23.8 Å². The molecule has 0 aromatic carbocycles. The predicted octanol–water partition coefficient (Wildman–Crippen LogP) is 5.18. The second kappa shape index (κ2) is 4.57. The average Bonchev–Trinajstić information content (AvgIpc) is 2.41. The van der Waals surface area contributed by atoms with E-state index in [9.17, 15) is 4.79 Å². The van der Waals surface area contributed by atoms with Crippen LogP contribution in [0.4, 0.5) is 0 Å². The van der Waals surface area contributed by atoms with E-state index in [0.29, 0.717) is 23.5 Å². The minimum Gasteiger partial charge on any atom is -0.299 e. The second-order valence-corrected chi connectivity index (χ2v) is 8.61. The Bertz CT molecular complexity index is 524. The number of carbonyl (C=O) groups is 1. The van der Waals surface area contributed by atoms with Crippen molar-refractivity contribution in [3.8, 4) is 0 Å². The SMILES string of the molecule is C=C1C(C)=CC2C(CCC3(C)C(C)C(=O)CCC23)C1(C)C. The molecule has 3 aliphatic rings. The zero-order chi connectivity index (χ0) is 15.6. The van der Waals surface area contributed by atoms with Crippen LogP contribution in [-0.4, -0.2) is 5.78 Å². The molecule has 0 N–H and O–H groups in total. The Hall–Kier alpha value is -0.850. The van der Waals surface area contributed by atoms with Crippen molar-refractivity contribution < 1.29 is 4.79 Å². The van der Waals surface area contributed by atoms with E-state index in [-0.39, 0.29) is 16.7 Å². The number of hydrogen-bond acceptors (Lipinski definition) is 1. The third-order valence-electron chi connectivity index (χ3n) is 7.57. The molecule has 5 atom stereocenters. The maximum Gasteiger partial charge on any atom is 0.136 e. The summed E-state index contributed by atoms with van der Waals surface area (Å²) in [4.78, 5) is 12.2. The Morgan fingerprint density at radius 3 is 2.52 bits per heavy atom. The molecule has 116 valence electrons. The van der Waals surface area contributed by atoms with Crippen LogP contribution in [0.3, 0.4) is 0 Å². The van der Waals surface area contributed by atoms with Gasteiger partial charge in [0.25, 0.3) is 0 Å². The van der Waals surface area contributed by atoms with E-state index in [1.165, 1.54) is 24.0 Å². The predicted molar refractivity (Wildman–Crippen MR) is 87.9 cm³/mol. The molecule has 3 aliphatic carbocycles. The van der Waals surface area contributed by atoms with Gasteiger partial charge < -0.3 is 0 Å². The van der Waals surface area contributed by atoms with Crippen molar-refractivity contribution in [2.75, 3.05) is 0 Å². The number of carbonyl (C=O) groups excluding carboxylic acids is 1. The summed E-state index contributed by atoms with van der Waals surface area (Å²) in [5.74, 6) is 2.74. The molecule has 0 bridgehead atoms. The number of hydrogen-bond donors (Lipinski definition) is 0. The summed E-state index contributed by atoms with van der Waals surface area (Å²) in [5, 5.41) is 0. The van der Waals surface area contributed by atoms with E-state index in [0.717, 1.165) is 12.8 Å². The Balaban J connectivity index is 2.04. The van der Waals surface area contributed by atoms with E-state index in [1.807, 2.05) is 0 Å². The van der Waals surface area contributed by atoms with E-state index in [2.05, 4.69) is 47.3 Å². The summed E-state index contributed by atoms with van der Waals surface area (Å²) in [6.45, 7) is 15.9. The number of allylic oxidation sites excluding steroid dienone is 3. The lowest BCUT2D eigenvalue weighted by molar-refractivity contribution is -0.139. The number of ketones is 1. The van der Waals surface area contributed by atoms with E-state index >= 15 is 0 Å². The molecule has 1 nitrogen and oxygen atoms in total. The third-order valence-corrected chi connectivity index (χ3v) is 7.57. The standard InChI is InChI=1S/C20H30O/c1-12-11-15-16(19(4,5)13(12)2)9-10-20(6)14(3)18(21)8-7-17(15)20/h11,14-17H,2,7-10H2,1,3-6H3. The zero-order valence-electron chi connectivity index (χ0n) is 14.3. The van der Waals surface area contributed by atoms with Crippen LogP contribution in [0.15, 0.2) is 23.8 Å². The van der Waals surface area contributed by atoms with Crippen LogP contribution < -0.4 is 0 Å². The molecule has 0 aromatic heterocycles. The Kier molecular flexibility index (Phi) is 3.28. The van der Waals surface area contributed by atoms with Gasteiger partial charge in [0.15, 0.2) is 0 Å². The molecule has 2 saturated carbocycles. The average molecular weight is 286 g/mol. The summed E-state index contributed by atoms with van der Waals surface area (Å²) in [7, 11) is 0. The van der Waals surface area contributed by atoms with Gasteiger partial charge in [-0.25, -0.2) is 0 Å². The van der Waals surface area contributed by atoms with Gasteiger partial charge in [0, 0.05) is 12.3 Å². The minimum atomic E-state index is 0.204. The smallest absolute Gasteiger partial charge is 0.136 e. The van der Waals surface area contributed by atoms with E-state index < -0.39 is 0 Å². The first-order valence-corrected chi connectivity index (χ1v) is 8.60. The fraction of sp³-hybridized carbons (Fsp3) is 0.750. The van der Waals surface area contributed by atoms with Crippen LogP contribution >= 0.6 is 0 Å². The Morgan fingerprint density at radius 1 is 1.19 bits per heavy atom. The van der Waals surface area contributed by atoms with Crippen molar-refractivity contribution in [1.82, 2.24) is 0 Å². The van der Waals surface area contributed by atoms with Gasteiger partial charge in [-0.2, -0.15) is 0 Å². The maximum absolute atomic E-state index is 12.2. The van der Waals surface area contributed by atoms with Crippen molar-refractivity contribution in [1.29, 1.82) is 0 Å². The second-order valence-electron chi connectivity index (χ2n) is 8.61. The monoisotopic (exact) mass is 286 g/mol. The van der Waals surface area contributed by atoms with Gasteiger partial charge in [-0.3, -0.25) is 4.79 Å². The summed E-state index contributed by atoms with van der Waals surface area (Å²) < 4.78 is 0. The summed E-state index contributed by atoms with van der Waals surface area (Å²) in [5.41, 5.74) is 3.12. The molecule has 1 heteroatoms. The summed E-state index contributed by atoms with van der Waals surface area (Å²) in [6.07, 6.45) is 6.83. The number of rotatable bonds is 0. The van der Waals surface area contributed by atoms with Crippen molar-refractivity contribution in [3.63, 3.8) is 0 Å². The first-order chi connectivity index (χ1) is 9.69. The number of Topliss-reactive ketones (excluding diaryl/α,β-unsaturated/α-hetero) is 1. The summed E-state index contributed by atoms with van der Waals surface area (Å²) in [6, 6.07) is 0. The highest BCUT2D eigenvalue weighted by Gasteiger charge is 2.56. The third kappa shape index (κ3) is 1.92. The molecule has 3 rings (SSSR count). The molecule has 5 unspecified atom stereocenters. The molecular weight excluding hydrogens is 256 g/mol. The molecule has 0 amide bonds. The molecule has 2 fully saturated rings. The lowest BCUT2D eigenvalue weighted by atomic mass is 9.45. The summed E-state index contributed by atoms with van der Waals surface area (Å²) >= 11 is 0. The molecule has 0 saturated heterocycles. The Labute approximate surface area is 129 Å². The van der Waals surface area contributed by atoms with Crippen LogP contribution in [0.2, 0.25) is 0 Å². The molecule has 0 heterocycles. The molecule has 0 aliphatic heterocycles. The van der Waals surface area contributed by atoms with Gasteiger partial charge in [0.1, 0.15) is 5.78 Å². The molecule has 21 heavy (non-hydrogen) atoms. The normalized spacial score (nSPS) is 45.7. The van der Waals surface area contributed by atoms with Crippen molar-refractivity contribution >= 4 is 5.78 Å². The quantitative estimate of drug-likeness (QED) is 0.600. The van der Waals surface area contributed by atoms with E-state index in [1.54, 1.807) is 0 Å². The molecule has 0 radical (unpaired) electrons. The van der Waals surface area contributed by atoms with Crippen LogP contribution in [0.1, 0.15) is 60.3 Å². The van der Waals surface area contributed by atoms with Gasteiger partial charge >= 0.3 is 0 Å². The topological polar surface area (TPSA) is 17.1 Å². The molecule has 0 spiro atoms. The minimum absolute atomic E-state index is 0.204. The fourth-order valence-corrected chi connectivity index (χ4v) is 5.70. The van der Waals surface area contributed by atoms with Gasteiger partial charge in [0.2, 0.25) is 0 Å². The lowest BCUT2D eigenvalue weighted by Gasteiger charge is -2.59. The molecular formula is C20H30O. The zero-order valence-corrected chi connectivity index (χ0v) is 14.3. The first kappa shape index (κ1) is 15.1. The number of fused-ring (bicyclic) bond motifs is 3. The fourth-order valence-electron chi connectivity index (χ4n) is 5.70. The largest absolute Gasteiger partial charge is 0.299 e. The van der Waals surface area contributed by atoms with Crippen LogP contribution in [-0.2, 0) is 4.79 Å².